The molecule has 29 heavy (non-hydrogen) atoms. The van der Waals surface area contributed by atoms with Gasteiger partial charge in [-0.25, -0.2) is 4.98 Å². The summed E-state index contributed by atoms with van der Waals surface area (Å²) in [6.45, 7) is 5.14. The van der Waals surface area contributed by atoms with Crippen LogP contribution in [0.2, 0.25) is 0 Å². The van der Waals surface area contributed by atoms with Gasteiger partial charge in [0.15, 0.2) is 0 Å². The minimum atomic E-state index is -0.103. The Balaban J connectivity index is 1.51. The molecule has 2 aromatic rings. The lowest BCUT2D eigenvalue weighted by Gasteiger charge is -2.29. The Morgan fingerprint density at radius 1 is 1.21 bits per heavy atom. The number of piperazine rings is 1. The lowest BCUT2D eigenvalue weighted by atomic mass is 10.1. The topological polar surface area (TPSA) is 73.4 Å². The zero-order valence-corrected chi connectivity index (χ0v) is 17.1. The normalized spacial score (nSPS) is 16.5. The monoisotopic (exact) mass is 394 g/mol. The van der Waals surface area contributed by atoms with Gasteiger partial charge in [-0.15, -0.1) is 0 Å². The first-order valence-electron chi connectivity index (χ1n) is 10.6. The number of hydrogen-bond donors (Lipinski definition) is 2. The molecular weight excluding hydrogens is 364 g/mol. The average molecular weight is 395 g/mol. The number of aromatic nitrogens is 2. The predicted octanol–water partition coefficient (Wildman–Crippen LogP) is 1.70. The second-order valence-corrected chi connectivity index (χ2v) is 7.96. The number of carbonyl (C=O) groups excluding carboxylic acids is 1. The fraction of sp³-hybridized carbons (Fsp3) is 0.500. The third kappa shape index (κ3) is 5.44. The molecule has 2 N–H and O–H groups in total. The van der Waals surface area contributed by atoms with Crippen LogP contribution in [0.1, 0.15) is 28.9 Å². The molecule has 1 aromatic heterocycles. The Morgan fingerprint density at radius 2 is 1.97 bits per heavy atom. The number of rotatable bonds is 8. The summed E-state index contributed by atoms with van der Waals surface area (Å²) >= 11 is 0. The standard InChI is InChI=1S/C22H30N6O/c1-27(12-9-17-5-3-2-4-6-17)22-25-19(21(29)24-16-18-7-8-18)15-20(26-22)28-13-10-23-11-14-28/h2-6,15,18,23H,7-14,16H2,1H3,(H,24,29). The smallest absolute Gasteiger partial charge is 0.270 e. The molecule has 0 bridgehead atoms. The fourth-order valence-corrected chi connectivity index (χ4v) is 3.46. The zero-order valence-electron chi connectivity index (χ0n) is 17.1. The van der Waals surface area contributed by atoms with Crippen LogP contribution in [-0.4, -0.2) is 62.2 Å². The second kappa shape index (κ2) is 9.22. The largest absolute Gasteiger partial charge is 0.354 e. The summed E-state index contributed by atoms with van der Waals surface area (Å²) in [4.78, 5) is 26.4. The summed E-state index contributed by atoms with van der Waals surface area (Å²) in [5.74, 6) is 1.98. The van der Waals surface area contributed by atoms with Gasteiger partial charge >= 0.3 is 0 Å². The van der Waals surface area contributed by atoms with Gasteiger partial charge in [-0.05, 0) is 30.7 Å². The van der Waals surface area contributed by atoms with Crippen molar-refractivity contribution in [3.05, 3.63) is 47.7 Å². The van der Waals surface area contributed by atoms with Gasteiger partial charge in [0.05, 0.1) is 0 Å². The van der Waals surface area contributed by atoms with Gasteiger partial charge in [-0.3, -0.25) is 4.79 Å². The Bertz CT molecular complexity index is 817. The molecular formula is C22H30N6O. The summed E-state index contributed by atoms with van der Waals surface area (Å²) < 4.78 is 0. The summed E-state index contributed by atoms with van der Waals surface area (Å²) in [6, 6.07) is 12.2. The molecule has 1 aromatic carbocycles. The third-order valence-electron chi connectivity index (χ3n) is 5.54. The second-order valence-electron chi connectivity index (χ2n) is 7.96. The van der Waals surface area contributed by atoms with Crippen molar-refractivity contribution in [2.24, 2.45) is 5.92 Å². The number of hydrogen-bond acceptors (Lipinski definition) is 6. The SMILES string of the molecule is CN(CCc1ccccc1)c1nc(C(=O)NCC2CC2)cc(N2CCNCC2)n1. The first-order chi connectivity index (χ1) is 14.2. The number of carbonyl (C=O) groups is 1. The first kappa shape index (κ1) is 19.6. The van der Waals surface area contributed by atoms with E-state index in [9.17, 15) is 4.79 Å². The van der Waals surface area contributed by atoms with E-state index in [2.05, 4.69) is 44.8 Å². The summed E-state index contributed by atoms with van der Waals surface area (Å²) in [7, 11) is 1.99. The Kier molecular flexibility index (Phi) is 6.24. The van der Waals surface area contributed by atoms with Crippen molar-refractivity contribution >= 4 is 17.7 Å². The van der Waals surface area contributed by atoms with Crippen LogP contribution in [0.4, 0.5) is 11.8 Å². The van der Waals surface area contributed by atoms with Gasteiger partial charge in [0.1, 0.15) is 11.5 Å². The lowest BCUT2D eigenvalue weighted by Crippen LogP contribution is -2.44. The lowest BCUT2D eigenvalue weighted by molar-refractivity contribution is 0.0946. The van der Waals surface area contributed by atoms with Crippen molar-refractivity contribution in [2.75, 3.05) is 56.1 Å². The van der Waals surface area contributed by atoms with Gasteiger partial charge in [0, 0.05) is 52.4 Å². The Labute approximate surface area is 172 Å². The van der Waals surface area contributed by atoms with Crippen LogP contribution in [-0.2, 0) is 6.42 Å². The van der Waals surface area contributed by atoms with Crippen molar-refractivity contribution < 1.29 is 4.79 Å². The highest BCUT2D eigenvalue weighted by molar-refractivity contribution is 5.93. The molecule has 2 heterocycles. The zero-order chi connectivity index (χ0) is 20.1. The summed E-state index contributed by atoms with van der Waals surface area (Å²) in [5.41, 5.74) is 1.73. The van der Waals surface area contributed by atoms with Gasteiger partial charge in [0.2, 0.25) is 5.95 Å². The Morgan fingerprint density at radius 3 is 2.69 bits per heavy atom. The molecule has 154 valence electrons. The highest BCUT2D eigenvalue weighted by atomic mass is 16.1. The van der Waals surface area contributed by atoms with E-state index in [1.165, 1.54) is 18.4 Å². The molecule has 1 saturated carbocycles. The van der Waals surface area contributed by atoms with E-state index < -0.39 is 0 Å². The van der Waals surface area contributed by atoms with Crippen molar-refractivity contribution in [1.82, 2.24) is 20.6 Å². The minimum Gasteiger partial charge on any atom is -0.354 e. The molecule has 1 aliphatic carbocycles. The van der Waals surface area contributed by atoms with Gasteiger partial charge in [-0.1, -0.05) is 30.3 Å². The summed E-state index contributed by atoms with van der Waals surface area (Å²) in [5, 5.41) is 6.40. The fourth-order valence-electron chi connectivity index (χ4n) is 3.46. The molecule has 0 radical (unpaired) electrons. The number of nitrogens with one attached hydrogen (secondary N) is 2. The molecule has 7 heteroatoms. The van der Waals surface area contributed by atoms with Crippen molar-refractivity contribution in [1.29, 1.82) is 0 Å². The van der Waals surface area contributed by atoms with E-state index >= 15 is 0 Å². The highest BCUT2D eigenvalue weighted by Gasteiger charge is 2.23. The van der Waals surface area contributed by atoms with Crippen LogP contribution in [0.3, 0.4) is 0 Å². The van der Waals surface area contributed by atoms with E-state index in [-0.39, 0.29) is 5.91 Å². The van der Waals surface area contributed by atoms with Gasteiger partial charge in [0.25, 0.3) is 5.91 Å². The number of anilines is 2. The van der Waals surface area contributed by atoms with E-state index in [1.54, 1.807) is 0 Å². The van der Waals surface area contributed by atoms with Gasteiger partial charge in [-0.2, -0.15) is 4.98 Å². The van der Waals surface area contributed by atoms with Crippen LogP contribution in [0, 0.1) is 5.92 Å². The van der Waals surface area contributed by atoms with Crippen LogP contribution < -0.4 is 20.4 Å². The first-order valence-corrected chi connectivity index (χ1v) is 10.6. The van der Waals surface area contributed by atoms with Crippen molar-refractivity contribution in [3.63, 3.8) is 0 Å². The van der Waals surface area contributed by atoms with E-state index in [0.717, 1.165) is 51.5 Å². The Hall–Kier alpha value is -2.67. The van der Waals surface area contributed by atoms with E-state index in [0.29, 0.717) is 17.6 Å². The molecule has 4 rings (SSSR count). The number of nitrogens with zero attached hydrogens (tertiary/aromatic N) is 4. The quantitative estimate of drug-likeness (QED) is 0.710. The van der Waals surface area contributed by atoms with Crippen LogP contribution in [0.15, 0.2) is 36.4 Å². The predicted molar refractivity (Wildman–Crippen MR) is 116 cm³/mol. The number of amides is 1. The molecule has 0 unspecified atom stereocenters. The molecule has 2 aliphatic rings. The van der Waals surface area contributed by atoms with E-state index in [1.807, 2.05) is 24.1 Å². The third-order valence-corrected chi connectivity index (χ3v) is 5.54. The maximum absolute atomic E-state index is 12.7. The minimum absolute atomic E-state index is 0.103. The number of likely N-dealkylation sites (N-methyl/N-ethyl adjacent to an activating group) is 1. The molecule has 0 spiro atoms. The maximum Gasteiger partial charge on any atom is 0.270 e. The maximum atomic E-state index is 12.7. The van der Waals surface area contributed by atoms with Gasteiger partial charge < -0.3 is 20.4 Å². The van der Waals surface area contributed by atoms with Crippen molar-refractivity contribution in [2.45, 2.75) is 19.3 Å². The molecule has 1 saturated heterocycles. The molecule has 1 amide bonds. The van der Waals surface area contributed by atoms with Crippen LogP contribution in [0.5, 0.6) is 0 Å². The highest BCUT2D eigenvalue weighted by Crippen LogP contribution is 2.27. The van der Waals surface area contributed by atoms with Crippen LogP contribution in [0.25, 0.3) is 0 Å². The molecule has 7 nitrogen and oxygen atoms in total. The van der Waals surface area contributed by atoms with Crippen molar-refractivity contribution in [3.8, 4) is 0 Å². The molecule has 0 atom stereocenters. The molecule has 1 aliphatic heterocycles. The van der Waals surface area contributed by atoms with E-state index in [4.69, 9.17) is 4.98 Å². The van der Waals surface area contributed by atoms with Crippen LogP contribution >= 0.6 is 0 Å². The number of benzene rings is 1. The summed E-state index contributed by atoms with van der Waals surface area (Å²) in [6.07, 6.45) is 3.33. The molecule has 2 fully saturated rings. The average Bonchev–Trinajstić information content (AvgIpc) is 3.61.